The normalized spacial score (nSPS) is 24.3. The second-order valence-electron chi connectivity index (χ2n) is 7.40. The molecule has 3 aliphatic rings. The van der Waals surface area contributed by atoms with E-state index in [0.29, 0.717) is 0 Å². The maximum absolute atomic E-state index is 13.8. The zero-order valence-corrected chi connectivity index (χ0v) is 17.9. The Hall–Kier alpha value is -2.50. The smallest absolute Gasteiger partial charge is 0.250 e. The number of likely N-dealkylation sites (N-methyl/N-ethyl adjacent to an activating group) is 4. The van der Waals surface area contributed by atoms with E-state index in [9.17, 15) is 9.59 Å². The minimum absolute atomic E-state index is 0.135. The highest BCUT2D eigenvalue weighted by Crippen LogP contribution is 2.49. The maximum atomic E-state index is 13.8. The monoisotopic (exact) mass is 384 g/mol. The third-order valence-corrected chi connectivity index (χ3v) is 6.25. The maximum Gasteiger partial charge on any atom is 0.250 e. The fourth-order valence-corrected chi connectivity index (χ4v) is 4.87. The Morgan fingerprint density at radius 2 is 1.29 bits per heavy atom. The Balaban J connectivity index is 2.47. The van der Waals surface area contributed by atoms with Crippen LogP contribution in [0.5, 0.6) is 0 Å². The molecule has 0 spiro atoms. The van der Waals surface area contributed by atoms with Crippen molar-refractivity contribution in [3.8, 4) is 0 Å². The van der Waals surface area contributed by atoms with E-state index in [4.69, 9.17) is 0 Å². The Bertz CT molecular complexity index is 759. The van der Waals surface area contributed by atoms with Gasteiger partial charge in [-0.1, -0.05) is 30.3 Å². The summed E-state index contributed by atoms with van der Waals surface area (Å²) in [6.07, 6.45) is -0.374. The van der Waals surface area contributed by atoms with Crippen molar-refractivity contribution in [3.05, 3.63) is 47.3 Å². The van der Waals surface area contributed by atoms with Crippen molar-refractivity contribution in [1.29, 1.82) is 0 Å². The quantitative estimate of drug-likeness (QED) is 0.676. The highest BCUT2D eigenvalue weighted by Gasteiger charge is 2.66. The molecule has 2 bridgehead atoms. The molecule has 0 saturated carbocycles. The lowest BCUT2D eigenvalue weighted by Gasteiger charge is -2.58. The predicted octanol–water partition coefficient (Wildman–Crippen LogP) is 2.09. The van der Waals surface area contributed by atoms with Gasteiger partial charge in [0.15, 0.2) is 5.41 Å². The van der Waals surface area contributed by atoms with Crippen molar-refractivity contribution in [3.63, 3.8) is 0 Å². The Morgan fingerprint density at radius 1 is 0.821 bits per heavy atom. The molecule has 0 atom stereocenters. The number of benzene rings is 1. The average molecular weight is 385 g/mol. The van der Waals surface area contributed by atoms with Crippen LogP contribution in [0.4, 0.5) is 0 Å². The van der Waals surface area contributed by atoms with Gasteiger partial charge in [0.05, 0.1) is 11.4 Å². The number of rotatable bonds is 7. The summed E-state index contributed by atoms with van der Waals surface area (Å²) in [5.74, 6) is -0.269. The molecule has 28 heavy (non-hydrogen) atoms. The summed E-state index contributed by atoms with van der Waals surface area (Å²) < 4.78 is 0. The van der Waals surface area contributed by atoms with E-state index in [0.717, 1.165) is 43.1 Å². The Labute approximate surface area is 168 Å². The van der Waals surface area contributed by atoms with Crippen LogP contribution in [0.3, 0.4) is 0 Å². The molecule has 1 aromatic rings. The standard InChI is InChI=1S/C22H32N4O2/c1-7-25(8-2)17-18(26(9-3)10-4)22(16-14-12-11-13-15-16)20(27)23(5)19(17)24(6)21(22)28/h11-15,19H,7-10H2,1-6H3. The van der Waals surface area contributed by atoms with Gasteiger partial charge in [-0.25, -0.2) is 0 Å². The van der Waals surface area contributed by atoms with Crippen molar-refractivity contribution < 1.29 is 9.59 Å². The number of hydrogen-bond donors (Lipinski definition) is 0. The molecule has 1 fully saturated rings. The van der Waals surface area contributed by atoms with Gasteiger partial charge in [-0.05, 0) is 33.3 Å². The Morgan fingerprint density at radius 3 is 1.71 bits per heavy atom. The SMILES string of the molecule is CCN(CC)C1=C(N(CC)CC)C2(c3ccccc3)C(=O)N(C)C1N(C)C2=O. The molecule has 1 aromatic carbocycles. The van der Waals surface area contributed by atoms with Crippen LogP contribution in [0.25, 0.3) is 0 Å². The molecule has 0 radical (unpaired) electrons. The van der Waals surface area contributed by atoms with Crippen molar-refractivity contribution in [2.45, 2.75) is 39.3 Å². The molecule has 152 valence electrons. The largest absolute Gasteiger partial charge is 0.372 e. The second kappa shape index (κ2) is 7.49. The highest BCUT2D eigenvalue weighted by atomic mass is 16.2. The number of carbonyl (C=O) groups is 2. The van der Waals surface area contributed by atoms with Gasteiger partial charge in [0, 0.05) is 40.3 Å². The molecule has 0 unspecified atom stereocenters. The first-order valence-corrected chi connectivity index (χ1v) is 10.3. The minimum atomic E-state index is -1.33. The summed E-state index contributed by atoms with van der Waals surface area (Å²) in [7, 11) is 3.63. The predicted molar refractivity (Wildman–Crippen MR) is 110 cm³/mol. The Kier molecular flexibility index (Phi) is 5.41. The lowest BCUT2D eigenvalue weighted by atomic mass is 9.68. The van der Waals surface area contributed by atoms with Crippen LogP contribution < -0.4 is 0 Å². The summed E-state index contributed by atoms with van der Waals surface area (Å²) in [4.78, 5) is 35.5. The number of carbonyl (C=O) groups excluding carboxylic acids is 2. The zero-order valence-electron chi connectivity index (χ0n) is 17.9. The minimum Gasteiger partial charge on any atom is -0.372 e. The van der Waals surface area contributed by atoms with Gasteiger partial charge in [-0.15, -0.1) is 0 Å². The van der Waals surface area contributed by atoms with Crippen molar-refractivity contribution in [2.75, 3.05) is 40.3 Å². The third kappa shape index (κ3) is 2.46. The topological polar surface area (TPSA) is 47.1 Å². The molecule has 6 nitrogen and oxygen atoms in total. The van der Waals surface area contributed by atoms with Gasteiger partial charge < -0.3 is 19.6 Å². The van der Waals surface area contributed by atoms with Crippen molar-refractivity contribution in [1.82, 2.24) is 19.6 Å². The van der Waals surface area contributed by atoms with Crippen LogP contribution in [-0.4, -0.2) is 77.9 Å². The molecule has 1 saturated heterocycles. The first-order valence-electron chi connectivity index (χ1n) is 10.3. The lowest BCUT2D eigenvalue weighted by Crippen LogP contribution is -2.75. The zero-order chi connectivity index (χ0) is 20.6. The lowest BCUT2D eigenvalue weighted by molar-refractivity contribution is -0.167. The molecular weight excluding hydrogens is 352 g/mol. The highest BCUT2D eigenvalue weighted by molar-refractivity contribution is 6.17. The summed E-state index contributed by atoms with van der Waals surface area (Å²) in [5.41, 5.74) is 1.35. The van der Waals surface area contributed by atoms with Gasteiger partial charge in [0.25, 0.3) is 11.8 Å². The molecule has 6 heteroatoms. The number of fused-ring (bicyclic) bond motifs is 2. The third-order valence-electron chi connectivity index (χ3n) is 6.25. The molecule has 0 N–H and O–H groups in total. The van der Waals surface area contributed by atoms with Crippen LogP contribution in [0.1, 0.15) is 33.3 Å². The van der Waals surface area contributed by atoms with Crippen LogP contribution in [0.15, 0.2) is 41.7 Å². The van der Waals surface area contributed by atoms with Gasteiger partial charge in [0.2, 0.25) is 0 Å². The molecule has 0 aromatic heterocycles. The second-order valence-corrected chi connectivity index (χ2v) is 7.40. The molecule has 3 aliphatic heterocycles. The van der Waals surface area contributed by atoms with Crippen molar-refractivity contribution >= 4 is 11.8 Å². The van der Waals surface area contributed by atoms with Gasteiger partial charge in [-0.2, -0.15) is 0 Å². The number of amides is 2. The van der Waals surface area contributed by atoms with Crippen LogP contribution in [0.2, 0.25) is 0 Å². The van der Waals surface area contributed by atoms with E-state index in [1.165, 1.54) is 0 Å². The van der Waals surface area contributed by atoms with Crippen LogP contribution in [-0.2, 0) is 15.0 Å². The molecule has 0 aliphatic carbocycles. The van der Waals surface area contributed by atoms with Gasteiger partial charge >= 0.3 is 0 Å². The van der Waals surface area contributed by atoms with E-state index in [1.54, 1.807) is 9.80 Å². The number of nitrogens with zero attached hydrogens (tertiary/aromatic N) is 4. The summed E-state index contributed by atoms with van der Waals surface area (Å²) in [6.45, 7) is 11.5. The summed E-state index contributed by atoms with van der Waals surface area (Å²) in [6, 6.07) is 9.55. The average Bonchev–Trinajstić information content (AvgIpc) is 2.72. The molecule has 4 rings (SSSR count). The molecular formula is C22H32N4O2. The number of hydrogen-bond acceptors (Lipinski definition) is 4. The van der Waals surface area contributed by atoms with Crippen LogP contribution in [0, 0.1) is 0 Å². The summed E-state index contributed by atoms with van der Waals surface area (Å²) >= 11 is 0. The van der Waals surface area contributed by atoms with E-state index in [1.807, 2.05) is 44.4 Å². The molecule has 2 amide bonds. The van der Waals surface area contributed by atoms with E-state index < -0.39 is 5.41 Å². The van der Waals surface area contributed by atoms with Crippen LogP contribution >= 0.6 is 0 Å². The van der Waals surface area contributed by atoms with Crippen molar-refractivity contribution in [2.24, 2.45) is 0 Å². The van der Waals surface area contributed by atoms with E-state index >= 15 is 0 Å². The fraction of sp³-hybridized carbons (Fsp3) is 0.545. The summed E-state index contributed by atoms with van der Waals surface area (Å²) in [5, 5.41) is 0. The van der Waals surface area contributed by atoms with E-state index in [2.05, 4.69) is 37.5 Å². The van der Waals surface area contributed by atoms with Gasteiger partial charge in [-0.3, -0.25) is 9.59 Å². The first-order chi connectivity index (χ1) is 13.4. The first kappa shape index (κ1) is 20.2. The van der Waals surface area contributed by atoms with E-state index in [-0.39, 0.29) is 18.0 Å². The van der Waals surface area contributed by atoms with Gasteiger partial charge in [0.1, 0.15) is 6.17 Å². The fourth-order valence-electron chi connectivity index (χ4n) is 4.87. The molecule has 3 heterocycles.